The number of rotatable bonds is 9. The van der Waals surface area contributed by atoms with Crippen molar-refractivity contribution in [2.24, 2.45) is 0 Å². The average molecular weight is 362 g/mol. The quantitative estimate of drug-likeness (QED) is 0.717. The largest absolute Gasteiger partial charge is 0.493 e. The van der Waals surface area contributed by atoms with E-state index in [1.54, 1.807) is 4.90 Å². The number of carbonyl (C=O) groups excluding carboxylic acids is 1. The van der Waals surface area contributed by atoms with E-state index in [1.807, 2.05) is 13.8 Å². The Kier molecular flexibility index (Phi) is 7.43. The number of halogens is 1. The van der Waals surface area contributed by atoms with Gasteiger partial charge in [-0.1, -0.05) is 0 Å². The first-order valence-electron chi connectivity index (χ1n) is 7.49. The molecule has 1 amide bonds. The van der Waals surface area contributed by atoms with E-state index in [1.165, 1.54) is 14.2 Å². The maximum atomic E-state index is 14.0. The zero-order valence-electron chi connectivity index (χ0n) is 14.3. The standard InChI is InChI=1S/C15H23FN2O5S/c1-5-18(6-2)15(19)7-8-17-24(20,21)14-10-13(23-4)12(22-3)9-11(14)16/h9-10,17H,5-8H2,1-4H3. The monoisotopic (exact) mass is 362 g/mol. The fourth-order valence-electron chi connectivity index (χ4n) is 2.15. The van der Waals surface area contributed by atoms with Gasteiger partial charge in [-0.05, 0) is 13.8 Å². The van der Waals surface area contributed by atoms with E-state index in [9.17, 15) is 17.6 Å². The van der Waals surface area contributed by atoms with Crippen LogP contribution < -0.4 is 14.2 Å². The van der Waals surface area contributed by atoms with E-state index >= 15 is 0 Å². The van der Waals surface area contributed by atoms with Crippen LogP contribution in [0.4, 0.5) is 4.39 Å². The van der Waals surface area contributed by atoms with Crippen LogP contribution in [-0.2, 0) is 14.8 Å². The molecule has 0 aliphatic rings. The topological polar surface area (TPSA) is 84.9 Å². The Hall–Kier alpha value is -1.87. The smallest absolute Gasteiger partial charge is 0.243 e. The van der Waals surface area contributed by atoms with Gasteiger partial charge in [0.05, 0.1) is 14.2 Å². The van der Waals surface area contributed by atoms with Gasteiger partial charge in [-0.2, -0.15) is 0 Å². The summed E-state index contributed by atoms with van der Waals surface area (Å²) in [6, 6.07) is 1.98. The molecule has 0 unspecified atom stereocenters. The molecule has 0 saturated carbocycles. The number of carbonyl (C=O) groups is 1. The predicted octanol–water partition coefficient (Wildman–Crippen LogP) is 1.38. The molecule has 0 radical (unpaired) electrons. The summed E-state index contributed by atoms with van der Waals surface area (Å²) in [6.07, 6.45) is -0.00415. The molecule has 24 heavy (non-hydrogen) atoms. The number of ether oxygens (including phenoxy) is 2. The second-order valence-electron chi connectivity index (χ2n) is 4.85. The number of hydrogen-bond donors (Lipinski definition) is 1. The average Bonchev–Trinajstić information content (AvgIpc) is 2.55. The van der Waals surface area contributed by atoms with Crippen molar-refractivity contribution < 1.29 is 27.1 Å². The van der Waals surface area contributed by atoms with E-state index in [0.29, 0.717) is 13.1 Å². The highest BCUT2D eigenvalue weighted by Crippen LogP contribution is 2.31. The van der Waals surface area contributed by atoms with Gasteiger partial charge < -0.3 is 14.4 Å². The van der Waals surface area contributed by atoms with Crippen LogP contribution >= 0.6 is 0 Å². The molecule has 0 aliphatic carbocycles. The maximum Gasteiger partial charge on any atom is 0.243 e. The van der Waals surface area contributed by atoms with E-state index in [4.69, 9.17) is 9.47 Å². The first kappa shape index (κ1) is 20.2. The molecule has 0 aromatic heterocycles. The molecule has 0 aliphatic heterocycles. The summed E-state index contributed by atoms with van der Waals surface area (Å²) in [5.41, 5.74) is 0. The lowest BCUT2D eigenvalue weighted by Crippen LogP contribution is -2.34. The summed E-state index contributed by atoms with van der Waals surface area (Å²) in [7, 11) is -1.47. The Morgan fingerprint density at radius 2 is 1.71 bits per heavy atom. The summed E-state index contributed by atoms with van der Waals surface area (Å²) >= 11 is 0. The first-order valence-corrected chi connectivity index (χ1v) is 8.97. The molecule has 7 nitrogen and oxygen atoms in total. The van der Waals surface area contributed by atoms with Gasteiger partial charge >= 0.3 is 0 Å². The molecule has 0 fully saturated rings. The Morgan fingerprint density at radius 3 is 2.21 bits per heavy atom. The van der Waals surface area contributed by atoms with Crippen LogP contribution in [0.5, 0.6) is 11.5 Å². The van der Waals surface area contributed by atoms with Gasteiger partial charge in [0.25, 0.3) is 0 Å². The van der Waals surface area contributed by atoms with Gasteiger partial charge in [0, 0.05) is 38.2 Å². The van der Waals surface area contributed by atoms with Crippen molar-refractivity contribution in [3.05, 3.63) is 17.9 Å². The molecule has 1 aromatic rings. The van der Waals surface area contributed by atoms with Gasteiger partial charge in [-0.3, -0.25) is 4.79 Å². The third-order valence-electron chi connectivity index (χ3n) is 3.47. The maximum absolute atomic E-state index is 14.0. The summed E-state index contributed by atoms with van der Waals surface area (Å²) < 4.78 is 50.7. The van der Waals surface area contributed by atoms with Gasteiger partial charge in [0.15, 0.2) is 11.5 Å². The fraction of sp³-hybridized carbons (Fsp3) is 0.533. The zero-order valence-corrected chi connectivity index (χ0v) is 15.1. The van der Waals surface area contributed by atoms with Crippen molar-refractivity contribution in [1.82, 2.24) is 9.62 Å². The first-order chi connectivity index (χ1) is 11.3. The highest BCUT2D eigenvalue weighted by molar-refractivity contribution is 7.89. The number of benzene rings is 1. The van der Waals surface area contributed by atoms with Crippen molar-refractivity contribution in [3.8, 4) is 11.5 Å². The molecule has 1 rings (SSSR count). The number of nitrogens with one attached hydrogen (secondary N) is 1. The minimum atomic E-state index is -4.11. The van der Waals surface area contributed by atoms with Crippen LogP contribution in [0.2, 0.25) is 0 Å². The van der Waals surface area contributed by atoms with Crippen LogP contribution in [0, 0.1) is 5.82 Å². The molecule has 0 saturated heterocycles. The Bertz CT molecular complexity index is 675. The zero-order chi connectivity index (χ0) is 18.3. The van der Waals surface area contributed by atoms with Crippen LogP contribution in [-0.4, -0.2) is 53.1 Å². The molecule has 0 atom stereocenters. The lowest BCUT2D eigenvalue weighted by atomic mass is 10.3. The van der Waals surface area contributed by atoms with Crippen LogP contribution in [0.3, 0.4) is 0 Å². The van der Waals surface area contributed by atoms with Crippen LogP contribution in [0.25, 0.3) is 0 Å². The second-order valence-corrected chi connectivity index (χ2v) is 6.59. The number of methoxy groups -OCH3 is 2. The molecule has 9 heteroatoms. The number of hydrogen-bond acceptors (Lipinski definition) is 5. The minimum Gasteiger partial charge on any atom is -0.493 e. The Morgan fingerprint density at radius 1 is 1.17 bits per heavy atom. The predicted molar refractivity (Wildman–Crippen MR) is 87.2 cm³/mol. The third kappa shape index (κ3) is 4.81. The van der Waals surface area contributed by atoms with Crippen molar-refractivity contribution in [2.75, 3.05) is 33.9 Å². The number of amides is 1. The van der Waals surface area contributed by atoms with Gasteiger partial charge in [0.1, 0.15) is 10.7 Å². The van der Waals surface area contributed by atoms with Crippen molar-refractivity contribution in [3.63, 3.8) is 0 Å². The molecular weight excluding hydrogens is 339 g/mol. The highest BCUT2D eigenvalue weighted by Gasteiger charge is 2.23. The summed E-state index contributed by atoms with van der Waals surface area (Å²) in [4.78, 5) is 12.9. The van der Waals surface area contributed by atoms with Crippen molar-refractivity contribution in [1.29, 1.82) is 0 Å². The second kappa shape index (κ2) is 8.84. The van der Waals surface area contributed by atoms with Gasteiger partial charge in [-0.25, -0.2) is 17.5 Å². The normalized spacial score (nSPS) is 11.2. The molecule has 0 bridgehead atoms. The minimum absolute atomic E-state index is 0.00415. The summed E-state index contributed by atoms with van der Waals surface area (Å²) in [6.45, 7) is 4.65. The lowest BCUT2D eigenvalue weighted by molar-refractivity contribution is -0.130. The van der Waals surface area contributed by atoms with Crippen molar-refractivity contribution in [2.45, 2.75) is 25.2 Å². The fourth-order valence-corrected chi connectivity index (χ4v) is 3.25. The van der Waals surface area contributed by atoms with Gasteiger partial charge in [0.2, 0.25) is 15.9 Å². The van der Waals surface area contributed by atoms with Crippen molar-refractivity contribution >= 4 is 15.9 Å². The lowest BCUT2D eigenvalue weighted by Gasteiger charge is -2.18. The van der Waals surface area contributed by atoms with E-state index < -0.39 is 20.7 Å². The molecule has 1 aromatic carbocycles. The molecule has 1 N–H and O–H groups in total. The molecule has 136 valence electrons. The Labute approximate surface area is 141 Å². The van der Waals surface area contributed by atoms with Gasteiger partial charge in [-0.15, -0.1) is 0 Å². The van der Waals surface area contributed by atoms with Crippen LogP contribution in [0.1, 0.15) is 20.3 Å². The SMILES string of the molecule is CCN(CC)C(=O)CCNS(=O)(=O)c1cc(OC)c(OC)cc1F. The molecule has 0 spiro atoms. The number of sulfonamides is 1. The van der Waals surface area contributed by atoms with E-state index in [2.05, 4.69) is 4.72 Å². The number of nitrogens with zero attached hydrogens (tertiary/aromatic N) is 1. The third-order valence-corrected chi connectivity index (χ3v) is 4.95. The molecular formula is C15H23FN2O5S. The Balaban J connectivity index is 2.88. The summed E-state index contributed by atoms with van der Waals surface area (Å²) in [5, 5.41) is 0. The molecule has 0 heterocycles. The summed E-state index contributed by atoms with van der Waals surface area (Å²) in [5.74, 6) is -0.949. The van der Waals surface area contributed by atoms with E-state index in [-0.39, 0.29) is 30.4 Å². The van der Waals surface area contributed by atoms with Crippen LogP contribution in [0.15, 0.2) is 17.0 Å². The highest BCUT2D eigenvalue weighted by atomic mass is 32.2. The van der Waals surface area contributed by atoms with E-state index in [0.717, 1.165) is 12.1 Å².